The Balaban J connectivity index is 1.90. The van der Waals surface area contributed by atoms with Gasteiger partial charge >= 0.3 is 0 Å². The van der Waals surface area contributed by atoms with Crippen molar-refractivity contribution in [2.45, 2.75) is 33.1 Å². The van der Waals surface area contributed by atoms with Gasteiger partial charge in [0, 0.05) is 12.3 Å². The second-order valence-corrected chi connectivity index (χ2v) is 6.67. The largest absolute Gasteiger partial charge is 0.493 e. The summed E-state index contributed by atoms with van der Waals surface area (Å²) in [6, 6.07) is 7.73. The van der Waals surface area contributed by atoms with E-state index >= 15 is 0 Å². The lowest BCUT2D eigenvalue weighted by Crippen LogP contribution is -2.29. The Bertz CT molecular complexity index is 751. The molecule has 3 heteroatoms. The molecule has 2 atom stereocenters. The van der Waals surface area contributed by atoms with E-state index in [1.54, 1.807) is 6.07 Å². The lowest BCUT2D eigenvalue weighted by Gasteiger charge is -2.33. The molecular weight excluding hydrogens is 286 g/mol. The molecule has 0 spiro atoms. The van der Waals surface area contributed by atoms with Gasteiger partial charge in [0.15, 0.2) is 5.78 Å². The van der Waals surface area contributed by atoms with Crippen molar-refractivity contribution >= 4 is 5.78 Å². The average molecular weight is 307 g/mol. The van der Waals surface area contributed by atoms with Crippen LogP contribution in [0.15, 0.2) is 41.5 Å². The SMILES string of the molecule is C=C(C)C1CC(=O)C(C)=C(C2COc3ccc(C#N)cc3C2)C1. The Morgan fingerprint density at radius 3 is 2.83 bits per heavy atom. The third kappa shape index (κ3) is 2.94. The van der Waals surface area contributed by atoms with Crippen LogP contribution in [0.25, 0.3) is 0 Å². The van der Waals surface area contributed by atoms with E-state index in [-0.39, 0.29) is 17.6 Å². The zero-order valence-electron chi connectivity index (χ0n) is 13.7. The maximum absolute atomic E-state index is 12.3. The van der Waals surface area contributed by atoms with E-state index in [0.717, 1.165) is 35.3 Å². The van der Waals surface area contributed by atoms with Crippen LogP contribution in [0.5, 0.6) is 5.75 Å². The molecule has 0 amide bonds. The Hall–Kier alpha value is -2.34. The molecule has 23 heavy (non-hydrogen) atoms. The number of hydrogen-bond acceptors (Lipinski definition) is 3. The topological polar surface area (TPSA) is 50.1 Å². The van der Waals surface area contributed by atoms with Gasteiger partial charge in [-0.2, -0.15) is 5.26 Å². The number of nitriles is 1. The van der Waals surface area contributed by atoms with E-state index in [4.69, 9.17) is 10.00 Å². The highest BCUT2D eigenvalue weighted by Crippen LogP contribution is 2.39. The standard InChI is InChI=1S/C20H21NO2/c1-12(2)15-8-18(13(3)19(22)9-15)17-7-16-6-14(10-21)4-5-20(16)23-11-17/h4-6,15,17H,1,7-9,11H2,2-3H3. The number of rotatable bonds is 2. The number of ether oxygens (including phenoxy) is 1. The molecule has 0 saturated carbocycles. The van der Waals surface area contributed by atoms with Gasteiger partial charge in [0.2, 0.25) is 0 Å². The van der Waals surface area contributed by atoms with Crippen LogP contribution < -0.4 is 4.74 Å². The highest BCUT2D eigenvalue weighted by Gasteiger charge is 2.32. The highest BCUT2D eigenvalue weighted by atomic mass is 16.5. The normalized spacial score (nSPS) is 23.8. The minimum Gasteiger partial charge on any atom is -0.493 e. The maximum atomic E-state index is 12.3. The lowest BCUT2D eigenvalue weighted by molar-refractivity contribution is -0.116. The summed E-state index contributed by atoms with van der Waals surface area (Å²) in [4.78, 5) is 12.3. The second kappa shape index (κ2) is 6.04. The minimum absolute atomic E-state index is 0.211. The van der Waals surface area contributed by atoms with Crippen LogP contribution in [0.4, 0.5) is 0 Å². The van der Waals surface area contributed by atoms with Crippen LogP contribution in [0.2, 0.25) is 0 Å². The van der Waals surface area contributed by atoms with Gasteiger partial charge in [0.1, 0.15) is 5.75 Å². The van der Waals surface area contributed by atoms with E-state index in [0.29, 0.717) is 18.6 Å². The molecular formula is C20H21NO2. The first-order chi connectivity index (χ1) is 11.0. The molecule has 0 bridgehead atoms. The monoisotopic (exact) mass is 307 g/mol. The van der Waals surface area contributed by atoms with Crippen LogP contribution in [-0.2, 0) is 11.2 Å². The molecule has 1 aromatic rings. The average Bonchev–Trinajstić information content (AvgIpc) is 2.55. The third-order valence-electron chi connectivity index (χ3n) is 5.08. The lowest BCUT2D eigenvalue weighted by atomic mass is 9.74. The van der Waals surface area contributed by atoms with Gasteiger partial charge in [-0.1, -0.05) is 17.7 Å². The van der Waals surface area contributed by atoms with Gasteiger partial charge in [-0.05, 0) is 61.9 Å². The molecule has 1 aromatic carbocycles. The summed E-state index contributed by atoms with van der Waals surface area (Å²) < 4.78 is 5.89. The number of benzene rings is 1. The van der Waals surface area contributed by atoms with Crippen molar-refractivity contribution in [2.24, 2.45) is 11.8 Å². The Morgan fingerprint density at radius 2 is 2.13 bits per heavy atom. The van der Waals surface area contributed by atoms with Crippen LogP contribution in [0.3, 0.4) is 0 Å². The van der Waals surface area contributed by atoms with Gasteiger partial charge < -0.3 is 4.74 Å². The third-order valence-corrected chi connectivity index (χ3v) is 5.08. The number of nitrogens with zero attached hydrogens (tertiary/aromatic N) is 1. The molecule has 1 aliphatic carbocycles. The fourth-order valence-electron chi connectivity index (χ4n) is 3.56. The molecule has 3 nitrogen and oxygen atoms in total. The number of ketones is 1. The molecule has 1 aliphatic heterocycles. The number of carbonyl (C=O) groups excluding carboxylic acids is 1. The smallest absolute Gasteiger partial charge is 0.159 e. The van der Waals surface area contributed by atoms with Crippen LogP contribution in [-0.4, -0.2) is 12.4 Å². The van der Waals surface area contributed by atoms with Gasteiger partial charge in [0.25, 0.3) is 0 Å². The second-order valence-electron chi connectivity index (χ2n) is 6.67. The molecule has 0 fully saturated rings. The van der Waals surface area contributed by atoms with Gasteiger partial charge in [-0.25, -0.2) is 0 Å². The predicted molar refractivity (Wildman–Crippen MR) is 89.1 cm³/mol. The van der Waals surface area contributed by atoms with E-state index in [9.17, 15) is 4.79 Å². The van der Waals surface area contributed by atoms with Crippen LogP contribution >= 0.6 is 0 Å². The van der Waals surface area contributed by atoms with E-state index < -0.39 is 0 Å². The van der Waals surface area contributed by atoms with Crippen molar-refractivity contribution in [3.8, 4) is 11.8 Å². The summed E-state index contributed by atoms with van der Waals surface area (Å²) >= 11 is 0. The van der Waals surface area contributed by atoms with Crippen molar-refractivity contribution in [2.75, 3.05) is 6.61 Å². The summed E-state index contributed by atoms with van der Waals surface area (Å²) in [5, 5.41) is 9.07. The predicted octanol–water partition coefficient (Wildman–Crippen LogP) is 3.98. The van der Waals surface area contributed by atoms with Crippen molar-refractivity contribution in [3.63, 3.8) is 0 Å². The molecule has 0 saturated heterocycles. The van der Waals surface area contributed by atoms with Crippen LogP contribution in [0, 0.1) is 23.2 Å². The first-order valence-electron chi connectivity index (χ1n) is 8.03. The van der Waals surface area contributed by atoms with Gasteiger partial charge in [-0.3, -0.25) is 4.79 Å². The van der Waals surface area contributed by atoms with Crippen molar-refractivity contribution in [3.05, 3.63) is 52.6 Å². The maximum Gasteiger partial charge on any atom is 0.159 e. The van der Waals surface area contributed by atoms with E-state index in [1.807, 2.05) is 26.0 Å². The first kappa shape index (κ1) is 15.6. The molecule has 1 heterocycles. The fourth-order valence-corrected chi connectivity index (χ4v) is 3.56. The van der Waals surface area contributed by atoms with E-state index in [1.165, 1.54) is 5.57 Å². The summed E-state index contributed by atoms with van der Waals surface area (Å²) in [7, 11) is 0. The Kier molecular flexibility index (Phi) is 4.09. The van der Waals surface area contributed by atoms with Gasteiger partial charge in [-0.15, -0.1) is 0 Å². The summed E-state index contributed by atoms with van der Waals surface area (Å²) in [6.07, 6.45) is 2.30. The van der Waals surface area contributed by atoms with Crippen molar-refractivity contribution < 1.29 is 9.53 Å². The molecule has 2 unspecified atom stereocenters. The Labute approximate surface area is 137 Å². The molecule has 0 N–H and O–H groups in total. The number of Topliss-reactive ketones (excluding diaryl/α,β-unsaturated/α-hetero) is 1. The summed E-state index contributed by atoms with van der Waals surface area (Å²) in [5.41, 5.74) is 4.90. The first-order valence-corrected chi connectivity index (χ1v) is 8.03. The fraction of sp³-hybridized carbons (Fsp3) is 0.400. The molecule has 0 aromatic heterocycles. The van der Waals surface area contributed by atoms with E-state index in [2.05, 4.69) is 12.6 Å². The van der Waals surface area contributed by atoms with Crippen molar-refractivity contribution in [1.82, 2.24) is 0 Å². The summed E-state index contributed by atoms with van der Waals surface area (Å²) in [5.74, 6) is 1.54. The Morgan fingerprint density at radius 1 is 1.35 bits per heavy atom. The number of fused-ring (bicyclic) bond motifs is 1. The summed E-state index contributed by atoms with van der Waals surface area (Å²) in [6.45, 7) is 8.57. The minimum atomic E-state index is 0.211. The number of carbonyl (C=O) groups is 1. The molecule has 3 rings (SSSR count). The zero-order chi connectivity index (χ0) is 16.6. The molecule has 118 valence electrons. The number of hydrogen-bond donors (Lipinski definition) is 0. The van der Waals surface area contributed by atoms with Crippen LogP contribution in [0.1, 0.15) is 37.8 Å². The van der Waals surface area contributed by atoms with Gasteiger partial charge in [0.05, 0.1) is 18.2 Å². The highest BCUT2D eigenvalue weighted by molar-refractivity contribution is 5.97. The molecule has 0 radical (unpaired) electrons. The van der Waals surface area contributed by atoms with Crippen molar-refractivity contribution in [1.29, 1.82) is 5.26 Å². The quantitative estimate of drug-likeness (QED) is 0.776. The molecule has 2 aliphatic rings. The zero-order valence-corrected chi connectivity index (χ0v) is 13.7. The number of allylic oxidation sites excluding steroid dienone is 2.